The molecule has 104 valence electrons. The van der Waals surface area contributed by atoms with Gasteiger partial charge in [-0.1, -0.05) is 18.2 Å². The summed E-state index contributed by atoms with van der Waals surface area (Å²) in [7, 11) is 0. The third-order valence-corrected chi connectivity index (χ3v) is 5.31. The molecule has 0 aliphatic heterocycles. The van der Waals surface area contributed by atoms with E-state index in [0.29, 0.717) is 0 Å². The number of carbonyl (C=O) groups is 1. The summed E-state index contributed by atoms with van der Waals surface area (Å²) in [6.45, 7) is 0. The lowest BCUT2D eigenvalue weighted by atomic mass is 10.1. The highest BCUT2D eigenvalue weighted by Crippen LogP contribution is 2.30. The molecule has 0 spiro atoms. The largest absolute Gasteiger partial charge is 0.369 e. The first-order valence-electron chi connectivity index (χ1n) is 5.74. The Morgan fingerprint density at radius 1 is 1.00 bits per heavy atom. The molecule has 0 aliphatic rings. The van der Waals surface area contributed by atoms with Crippen molar-refractivity contribution in [2.75, 3.05) is 5.32 Å². The molecule has 0 radical (unpaired) electrons. The monoisotopic (exact) mass is 460 g/mol. The summed E-state index contributed by atoms with van der Waals surface area (Å²) in [6.07, 6.45) is 0. The molecule has 0 aromatic heterocycles. The van der Waals surface area contributed by atoms with E-state index >= 15 is 0 Å². The molecule has 1 amide bonds. The molecule has 2 aromatic rings. The van der Waals surface area contributed by atoms with E-state index in [2.05, 4.69) is 53.1 Å². The van der Waals surface area contributed by atoms with Crippen LogP contribution in [0.15, 0.2) is 55.9 Å². The lowest BCUT2D eigenvalue weighted by Crippen LogP contribution is -2.27. The first-order valence-corrected chi connectivity index (χ1v) is 8.12. The number of primary amides is 1. The standard InChI is InChI=1S/C14H11Br3N2O/c15-9-6-5-8(7-11(9)17)13(14(18)20)19-12-4-2-1-3-10(12)16/h1-7,13,19H,(H2,18,20). The molecule has 3 nitrogen and oxygen atoms in total. The average molecular weight is 463 g/mol. The third-order valence-electron chi connectivity index (χ3n) is 2.74. The maximum atomic E-state index is 11.7. The number of para-hydroxylation sites is 1. The summed E-state index contributed by atoms with van der Waals surface area (Å²) in [5.74, 6) is -0.435. The van der Waals surface area contributed by atoms with Crippen LogP contribution in [0.5, 0.6) is 0 Å². The number of carbonyl (C=O) groups excluding carboxylic acids is 1. The minimum Gasteiger partial charge on any atom is -0.369 e. The maximum Gasteiger partial charge on any atom is 0.244 e. The molecule has 3 N–H and O–H groups in total. The number of hydrogen-bond acceptors (Lipinski definition) is 2. The smallest absolute Gasteiger partial charge is 0.244 e. The highest BCUT2D eigenvalue weighted by atomic mass is 79.9. The van der Waals surface area contributed by atoms with E-state index < -0.39 is 11.9 Å². The van der Waals surface area contributed by atoms with Crippen molar-refractivity contribution < 1.29 is 4.79 Å². The SMILES string of the molecule is NC(=O)C(Nc1ccccc1Br)c1ccc(Br)c(Br)c1. The second kappa shape index (κ2) is 6.74. The van der Waals surface area contributed by atoms with Gasteiger partial charge in [0, 0.05) is 19.1 Å². The van der Waals surface area contributed by atoms with Crippen molar-refractivity contribution in [3.63, 3.8) is 0 Å². The van der Waals surface area contributed by atoms with Crippen LogP contribution in [-0.4, -0.2) is 5.91 Å². The fraction of sp³-hybridized carbons (Fsp3) is 0.0714. The summed E-state index contributed by atoms with van der Waals surface area (Å²) < 4.78 is 2.67. The molecular formula is C14H11Br3N2O. The first-order chi connectivity index (χ1) is 9.49. The Bertz CT molecular complexity index is 646. The number of hydrogen-bond donors (Lipinski definition) is 2. The predicted octanol–water partition coefficient (Wildman–Crippen LogP) is 4.61. The second-order valence-electron chi connectivity index (χ2n) is 4.13. The zero-order valence-electron chi connectivity index (χ0n) is 10.2. The van der Waals surface area contributed by atoms with E-state index in [1.807, 2.05) is 42.5 Å². The lowest BCUT2D eigenvalue weighted by molar-refractivity contribution is -0.118. The third kappa shape index (κ3) is 3.62. The highest BCUT2D eigenvalue weighted by Gasteiger charge is 2.19. The number of nitrogens with two attached hydrogens (primary N) is 1. The van der Waals surface area contributed by atoms with Crippen molar-refractivity contribution in [1.82, 2.24) is 0 Å². The Kier molecular flexibility index (Phi) is 5.23. The van der Waals surface area contributed by atoms with Gasteiger partial charge < -0.3 is 11.1 Å². The van der Waals surface area contributed by atoms with E-state index in [0.717, 1.165) is 24.7 Å². The van der Waals surface area contributed by atoms with Crippen molar-refractivity contribution in [2.24, 2.45) is 5.73 Å². The van der Waals surface area contributed by atoms with Crippen LogP contribution in [0.1, 0.15) is 11.6 Å². The molecule has 2 rings (SSSR count). The molecule has 1 unspecified atom stereocenters. The Labute approximate surface area is 142 Å². The zero-order chi connectivity index (χ0) is 14.7. The molecule has 2 aromatic carbocycles. The van der Waals surface area contributed by atoms with Gasteiger partial charge in [0.25, 0.3) is 0 Å². The Hall–Kier alpha value is -0.850. The van der Waals surface area contributed by atoms with Crippen molar-refractivity contribution in [3.05, 3.63) is 61.4 Å². The number of benzene rings is 2. The highest BCUT2D eigenvalue weighted by molar-refractivity contribution is 9.13. The summed E-state index contributed by atoms with van der Waals surface area (Å²) in [5, 5.41) is 3.15. The second-order valence-corrected chi connectivity index (χ2v) is 6.70. The molecule has 0 saturated heterocycles. The van der Waals surface area contributed by atoms with Gasteiger partial charge in [-0.25, -0.2) is 0 Å². The quantitative estimate of drug-likeness (QED) is 0.697. The van der Waals surface area contributed by atoms with Crippen molar-refractivity contribution in [1.29, 1.82) is 0 Å². The van der Waals surface area contributed by atoms with E-state index in [4.69, 9.17) is 5.73 Å². The van der Waals surface area contributed by atoms with E-state index in [1.165, 1.54) is 0 Å². The van der Waals surface area contributed by atoms with Gasteiger partial charge >= 0.3 is 0 Å². The average Bonchev–Trinajstić information content (AvgIpc) is 2.41. The Morgan fingerprint density at radius 2 is 1.70 bits per heavy atom. The van der Waals surface area contributed by atoms with Gasteiger partial charge in [-0.3, -0.25) is 4.79 Å². The van der Waals surface area contributed by atoms with Gasteiger partial charge in [-0.15, -0.1) is 0 Å². The zero-order valence-corrected chi connectivity index (χ0v) is 15.0. The van der Waals surface area contributed by atoms with Crippen LogP contribution in [0.25, 0.3) is 0 Å². The normalized spacial score (nSPS) is 11.9. The van der Waals surface area contributed by atoms with Crippen LogP contribution in [0, 0.1) is 0 Å². The summed E-state index contributed by atoms with van der Waals surface area (Å²) in [5.41, 5.74) is 7.12. The number of nitrogens with one attached hydrogen (secondary N) is 1. The molecule has 20 heavy (non-hydrogen) atoms. The van der Waals surface area contributed by atoms with Crippen LogP contribution in [0.2, 0.25) is 0 Å². The minimum atomic E-state index is -0.599. The van der Waals surface area contributed by atoms with Crippen molar-refractivity contribution in [2.45, 2.75) is 6.04 Å². The van der Waals surface area contributed by atoms with E-state index in [9.17, 15) is 4.79 Å². The van der Waals surface area contributed by atoms with Crippen LogP contribution >= 0.6 is 47.8 Å². The minimum absolute atomic E-state index is 0.435. The molecule has 1 atom stereocenters. The van der Waals surface area contributed by atoms with Crippen molar-refractivity contribution in [3.8, 4) is 0 Å². The van der Waals surface area contributed by atoms with Gasteiger partial charge in [0.1, 0.15) is 6.04 Å². The number of rotatable bonds is 4. The topological polar surface area (TPSA) is 55.1 Å². The fourth-order valence-electron chi connectivity index (χ4n) is 1.74. The van der Waals surface area contributed by atoms with Crippen LogP contribution in [0.4, 0.5) is 5.69 Å². The van der Waals surface area contributed by atoms with Gasteiger partial charge in [-0.05, 0) is 77.6 Å². The molecule has 0 fully saturated rings. The first kappa shape index (κ1) is 15.5. The number of anilines is 1. The van der Waals surface area contributed by atoms with Crippen LogP contribution < -0.4 is 11.1 Å². The summed E-state index contributed by atoms with van der Waals surface area (Å²) in [4.78, 5) is 11.7. The Balaban J connectivity index is 2.34. The van der Waals surface area contributed by atoms with Crippen molar-refractivity contribution >= 4 is 59.4 Å². The molecular weight excluding hydrogens is 452 g/mol. The molecule has 0 saturated carbocycles. The molecule has 0 heterocycles. The Morgan fingerprint density at radius 3 is 2.30 bits per heavy atom. The van der Waals surface area contributed by atoms with Crippen LogP contribution in [0.3, 0.4) is 0 Å². The fourth-order valence-corrected chi connectivity index (χ4v) is 2.79. The summed E-state index contributed by atoms with van der Waals surface area (Å²) in [6, 6.07) is 12.6. The molecule has 6 heteroatoms. The molecule has 0 aliphatic carbocycles. The van der Waals surface area contributed by atoms with Gasteiger partial charge in [0.05, 0.1) is 0 Å². The van der Waals surface area contributed by atoms with Crippen LogP contribution in [-0.2, 0) is 4.79 Å². The lowest BCUT2D eigenvalue weighted by Gasteiger charge is -2.18. The maximum absolute atomic E-state index is 11.7. The van der Waals surface area contributed by atoms with Gasteiger partial charge in [0.15, 0.2) is 0 Å². The van der Waals surface area contributed by atoms with E-state index in [1.54, 1.807) is 0 Å². The predicted molar refractivity (Wildman–Crippen MR) is 91.5 cm³/mol. The summed E-state index contributed by atoms with van der Waals surface area (Å²) >= 11 is 10.3. The molecule has 0 bridgehead atoms. The number of amides is 1. The van der Waals surface area contributed by atoms with E-state index in [-0.39, 0.29) is 0 Å². The number of halogens is 3. The van der Waals surface area contributed by atoms with Gasteiger partial charge in [-0.2, -0.15) is 0 Å². The van der Waals surface area contributed by atoms with Gasteiger partial charge in [0.2, 0.25) is 5.91 Å².